The van der Waals surface area contributed by atoms with Gasteiger partial charge in [0.25, 0.3) is 0 Å². The molecule has 1 saturated heterocycles. The molecule has 2 rings (SSSR count). The Hall–Kier alpha value is -3.29. The van der Waals surface area contributed by atoms with Crippen LogP contribution in [-0.4, -0.2) is 77.1 Å². The minimum atomic E-state index is -6.16. The van der Waals surface area contributed by atoms with Gasteiger partial charge in [0.2, 0.25) is 17.6 Å². The first kappa shape index (κ1) is 35.9. The van der Waals surface area contributed by atoms with Gasteiger partial charge in [0, 0.05) is 13.0 Å². The van der Waals surface area contributed by atoms with Gasteiger partial charge in [0.05, 0.1) is 18.8 Å². The normalized spacial score (nSPS) is 19.3. The van der Waals surface area contributed by atoms with Crippen molar-refractivity contribution in [2.24, 2.45) is 11.8 Å². The number of hydrogen-bond acceptors (Lipinski definition) is 6. The van der Waals surface area contributed by atoms with Crippen molar-refractivity contribution < 1.29 is 50.6 Å². The first-order valence-corrected chi connectivity index (χ1v) is 13.9. The average Bonchev–Trinajstić information content (AvgIpc) is 3.31. The van der Waals surface area contributed by atoms with Crippen LogP contribution in [0.3, 0.4) is 0 Å². The summed E-state index contributed by atoms with van der Waals surface area (Å²) in [6, 6.07) is 4.18. The molecular weight excluding hydrogens is 581 g/mol. The van der Waals surface area contributed by atoms with Crippen LogP contribution in [0.5, 0.6) is 0 Å². The molecular formula is C29H40F5N3O6. The average molecular weight is 622 g/mol. The first-order valence-electron chi connectivity index (χ1n) is 13.9. The lowest BCUT2D eigenvalue weighted by molar-refractivity contribution is -0.270. The summed E-state index contributed by atoms with van der Waals surface area (Å²) < 4.78 is 78.0. The Labute approximate surface area is 247 Å². The lowest BCUT2D eigenvalue weighted by Crippen LogP contribution is -2.60. The summed E-state index contributed by atoms with van der Waals surface area (Å²) in [6.45, 7) is 10.5. The number of carbonyl (C=O) groups excluding carboxylic acids is 4. The molecule has 1 aliphatic rings. The second kappa shape index (κ2) is 14.0. The van der Waals surface area contributed by atoms with E-state index in [-0.39, 0.29) is 19.6 Å². The lowest BCUT2D eigenvalue weighted by atomic mass is 9.95. The van der Waals surface area contributed by atoms with Crippen molar-refractivity contribution in [3.63, 3.8) is 0 Å². The molecule has 43 heavy (non-hydrogen) atoms. The highest BCUT2D eigenvalue weighted by atomic mass is 19.4. The Kier molecular flexibility index (Phi) is 11.7. The van der Waals surface area contributed by atoms with E-state index in [0.29, 0.717) is 0 Å². The molecule has 0 radical (unpaired) electrons. The highest BCUT2D eigenvalue weighted by Crippen LogP contribution is 2.38. The zero-order valence-corrected chi connectivity index (χ0v) is 25.3. The third-order valence-electron chi connectivity index (χ3n) is 6.69. The second-order valence-corrected chi connectivity index (χ2v) is 12.2. The quantitative estimate of drug-likeness (QED) is 0.349. The SMILES string of the molecule is CC(C)C(NC(=O)[C@@H]1C[C@@H](OCc2ccccc2)CN1C(=O)[C@@H](NC(=O)OC(C)(C)C)C(C)C)C(=O)C(F)(F)C(F)(F)F. The molecule has 0 saturated carbocycles. The summed E-state index contributed by atoms with van der Waals surface area (Å²) in [5.41, 5.74) is -0.0855. The smallest absolute Gasteiger partial charge is 0.444 e. The molecule has 0 bridgehead atoms. The fourth-order valence-electron chi connectivity index (χ4n) is 4.44. The second-order valence-electron chi connectivity index (χ2n) is 12.2. The number of hydrogen-bond donors (Lipinski definition) is 2. The van der Waals surface area contributed by atoms with Crippen molar-refractivity contribution in [3.8, 4) is 0 Å². The van der Waals surface area contributed by atoms with Gasteiger partial charge in [-0.2, -0.15) is 22.0 Å². The largest absolute Gasteiger partial charge is 0.461 e. The molecule has 3 amide bonds. The van der Waals surface area contributed by atoms with Crippen molar-refractivity contribution in [3.05, 3.63) is 35.9 Å². The number of Topliss-reactive ketones (excluding diaryl/α,β-unsaturated/α-hetero) is 1. The fraction of sp³-hybridized carbons (Fsp3) is 0.655. The Morgan fingerprint density at radius 2 is 1.47 bits per heavy atom. The molecule has 9 nitrogen and oxygen atoms in total. The Morgan fingerprint density at radius 1 is 0.907 bits per heavy atom. The number of amides is 3. The summed E-state index contributed by atoms with van der Waals surface area (Å²) in [6.07, 6.45) is -7.93. The molecule has 14 heteroatoms. The van der Waals surface area contributed by atoms with E-state index in [9.17, 15) is 41.1 Å². The van der Waals surface area contributed by atoms with Gasteiger partial charge in [-0.1, -0.05) is 58.0 Å². The Bertz CT molecular complexity index is 1140. The highest BCUT2D eigenvalue weighted by molar-refractivity contribution is 5.97. The van der Waals surface area contributed by atoms with Crippen LogP contribution in [0.4, 0.5) is 26.7 Å². The standard InChI is InChI=1S/C29H40F5N3O6/c1-16(2)21(23(38)28(30,31)29(32,33)34)35-24(39)20-13-19(42-15-18-11-9-8-10-12-18)14-37(20)25(40)22(17(3)4)36-26(41)43-27(5,6)7/h8-12,16-17,19-22H,13-15H2,1-7H3,(H,35,39)(H,36,41)/t19-,20+,21?,22+/m1/s1. The van der Waals surface area contributed by atoms with Crippen molar-refractivity contribution in [1.29, 1.82) is 0 Å². The third kappa shape index (κ3) is 9.60. The number of rotatable bonds is 11. The van der Waals surface area contributed by atoms with Crippen LogP contribution in [0.2, 0.25) is 0 Å². The highest BCUT2D eigenvalue weighted by Gasteiger charge is 2.65. The molecule has 1 aromatic carbocycles. The summed E-state index contributed by atoms with van der Waals surface area (Å²) in [5, 5.41) is 4.52. The molecule has 1 heterocycles. The lowest BCUT2D eigenvalue weighted by Gasteiger charge is -2.32. The van der Waals surface area contributed by atoms with Crippen LogP contribution < -0.4 is 10.6 Å². The van der Waals surface area contributed by atoms with E-state index in [1.54, 1.807) is 65.0 Å². The van der Waals surface area contributed by atoms with Crippen LogP contribution in [0.25, 0.3) is 0 Å². The number of nitrogens with one attached hydrogen (secondary N) is 2. The van der Waals surface area contributed by atoms with Crippen molar-refractivity contribution in [1.82, 2.24) is 15.5 Å². The number of ketones is 1. The third-order valence-corrected chi connectivity index (χ3v) is 6.69. The van der Waals surface area contributed by atoms with E-state index in [2.05, 4.69) is 5.32 Å². The molecule has 4 atom stereocenters. The van der Waals surface area contributed by atoms with Gasteiger partial charge in [-0.25, -0.2) is 4.79 Å². The summed E-state index contributed by atoms with van der Waals surface area (Å²) in [4.78, 5) is 53.1. The number of halogens is 5. The topological polar surface area (TPSA) is 114 Å². The molecule has 1 unspecified atom stereocenters. The van der Waals surface area contributed by atoms with Gasteiger partial charge < -0.3 is 25.0 Å². The van der Waals surface area contributed by atoms with Gasteiger partial charge >= 0.3 is 18.2 Å². The number of carbonyl (C=O) groups is 4. The van der Waals surface area contributed by atoms with Crippen LogP contribution in [-0.2, 0) is 30.5 Å². The molecule has 1 aliphatic heterocycles. The van der Waals surface area contributed by atoms with E-state index in [0.717, 1.165) is 10.5 Å². The number of benzene rings is 1. The molecule has 0 aliphatic carbocycles. The maximum atomic E-state index is 14.0. The minimum absolute atomic E-state index is 0.108. The predicted octanol–water partition coefficient (Wildman–Crippen LogP) is 4.63. The molecule has 2 N–H and O–H groups in total. The maximum Gasteiger partial charge on any atom is 0.461 e. The van der Waals surface area contributed by atoms with Gasteiger partial charge in [-0.05, 0) is 38.2 Å². The maximum absolute atomic E-state index is 14.0. The molecule has 0 spiro atoms. The number of likely N-dealkylation sites (tertiary alicyclic amines) is 1. The van der Waals surface area contributed by atoms with Crippen LogP contribution in [0.1, 0.15) is 60.5 Å². The summed E-state index contributed by atoms with van der Waals surface area (Å²) in [7, 11) is 0. The van der Waals surface area contributed by atoms with E-state index < -0.39 is 77.5 Å². The molecule has 1 aromatic rings. The fourth-order valence-corrected chi connectivity index (χ4v) is 4.44. The van der Waals surface area contributed by atoms with Crippen LogP contribution in [0, 0.1) is 11.8 Å². The zero-order valence-electron chi connectivity index (χ0n) is 25.3. The van der Waals surface area contributed by atoms with Crippen molar-refractivity contribution >= 4 is 23.7 Å². The van der Waals surface area contributed by atoms with Gasteiger partial charge in [0.1, 0.15) is 17.7 Å². The van der Waals surface area contributed by atoms with Crippen LogP contribution >= 0.6 is 0 Å². The van der Waals surface area contributed by atoms with Gasteiger partial charge in [0.15, 0.2) is 0 Å². The monoisotopic (exact) mass is 621 g/mol. The predicted molar refractivity (Wildman–Crippen MR) is 146 cm³/mol. The van der Waals surface area contributed by atoms with E-state index >= 15 is 0 Å². The van der Waals surface area contributed by atoms with Crippen molar-refractivity contribution in [2.45, 2.75) is 103 Å². The molecule has 1 fully saturated rings. The number of alkyl halides is 5. The van der Waals surface area contributed by atoms with Crippen molar-refractivity contribution in [2.75, 3.05) is 6.54 Å². The van der Waals surface area contributed by atoms with E-state index in [1.807, 2.05) is 5.32 Å². The zero-order chi connectivity index (χ0) is 32.9. The molecule has 0 aromatic heterocycles. The summed E-state index contributed by atoms with van der Waals surface area (Å²) in [5.74, 6) is -11.7. The van der Waals surface area contributed by atoms with Gasteiger partial charge in [-0.3, -0.25) is 14.4 Å². The van der Waals surface area contributed by atoms with Crippen LogP contribution in [0.15, 0.2) is 30.3 Å². The van der Waals surface area contributed by atoms with Gasteiger partial charge in [-0.15, -0.1) is 0 Å². The number of alkyl carbamates (subject to hydrolysis) is 1. The Morgan fingerprint density at radius 3 is 1.95 bits per heavy atom. The Balaban J connectivity index is 2.36. The number of nitrogens with zero attached hydrogens (tertiary/aromatic N) is 1. The summed E-state index contributed by atoms with van der Waals surface area (Å²) >= 11 is 0. The minimum Gasteiger partial charge on any atom is -0.444 e. The number of ether oxygens (including phenoxy) is 2. The first-order chi connectivity index (χ1) is 19.7. The van der Waals surface area contributed by atoms with E-state index in [4.69, 9.17) is 9.47 Å². The van der Waals surface area contributed by atoms with E-state index in [1.165, 1.54) is 13.8 Å². The molecule has 242 valence electrons.